The summed E-state index contributed by atoms with van der Waals surface area (Å²) in [7, 11) is 0. The van der Waals surface area contributed by atoms with E-state index in [1.54, 1.807) is 18.2 Å². The summed E-state index contributed by atoms with van der Waals surface area (Å²) >= 11 is 0. The molecule has 0 bridgehead atoms. The lowest BCUT2D eigenvalue weighted by Gasteiger charge is -2.00. The van der Waals surface area contributed by atoms with E-state index < -0.39 is 0 Å². The molecule has 0 aliphatic heterocycles. The number of ketones is 1. The van der Waals surface area contributed by atoms with Crippen LogP contribution in [0.3, 0.4) is 0 Å². The Bertz CT molecular complexity index is 766. The van der Waals surface area contributed by atoms with Crippen molar-refractivity contribution in [2.75, 3.05) is 5.73 Å². The van der Waals surface area contributed by atoms with Crippen molar-refractivity contribution in [3.8, 4) is 11.4 Å². The molecule has 21 heavy (non-hydrogen) atoms. The number of benzene rings is 2. The minimum atomic E-state index is -0.0689. The third-order valence-electron chi connectivity index (χ3n) is 3.04. The van der Waals surface area contributed by atoms with Crippen LogP contribution in [0.5, 0.6) is 0 Å². The molecule has 2 N–H and O–H groups in total. The number of para-hydroxylation sites is 1. The Balaban J connectivity index is 1.80. The molecule has 0 spiro atoms. The van der Waals surface area contributed by atoms with Crippen LogP contribution < -0.4 is 5.73 Å². The van der Waals surface area contributed by atoms with Crippen molar-refractivity contribution in [2.24, 2.45) is 0 Å². The highest BCUT2D eigenvalue weighted by molar-refractivity contribution is 5.95. The summed E-state index contributed by atoms with van der Waals surface area (Å²) in [5.74, 6) is 0.342. The van der Waals surface area contributed by atoms with Crippen LogP contribution in [-0.2, 0) is 6.54 Å². The molecule has 3 aromatic rings. The number of nitrogens with two attached hydrogens (primary N) is 1. The number of rotatable bonds is 4. The molecule has 0 atom stereocenters. The third kappa shape index (κ3) is 2.79. The highest BCUT2D eigenvalue weighted by Gasteiger charge is 2.12. The molecular formula is C15H13N5O. The van der Waals surface area contributed by atoms with Crippen LogP contribution in [0.25, 0.3) is 11.4 Å². The van der Waals surface area contributed by atoms with E-state index in [1.165, 1.54) is 4.80 Å². The molecule has 0 aliphatic carbocycles. The number of nitrogens with zero attached hydrogens (tertiary/aromatic N) is 4. The molecule has 3 rings (SSSR count). The lowest BCUT2D eigenvalue weighted by Crippen LogP contribution is -2.13. The second-order valence-corrected chi connectivity index (χ2v) is 4.52. The van der Waals surface area contributed by atoms with Gasteiger partial charge in [0.15, 0.2) is 5.78 Å². The predicted octanol–water partition coefficient (Wildman–Crippen LogP) is 1.81. The molecule has 6 heteroatoms. The van der Waals surface area contributed by atoms with Crippen LogP contribution in [0.1, 0.15) is 10.4 Å². The highest BCUT2D eigenvalue weighted by atomic mass is 16.1. The van der Waals surface area contributed by atoms with Gasteiger partial charge in [0.25, 0.3) is 0 Å². The van der Waals surface area contributed by atoms with Gasteiger partial charge in [-0.05, 0) is 17.3 Å². The van der Waals surface area contributed by atoms with Crippen LogP contribution in [0.4, 0.5) is 5.69 Å². The zero-order valence-electron chi connectivity index (χ0n) is 11.2. The number of hydrogen-bond acceptors (Lipinski definition) is 5. The van der Waals surface area contributed by atoms with Gasteiger partial charge in [-0.3, -0.25) is 4.79 Å². The van der Waals surface area contributed by atoms with Crippen molar-refractivity contribution < 1.29 is 4.79 Å². The molecule has 0 unspecified atom stereocenters. The Labute approximate surface area is 121 Å². The minimum absolute atomic E-state index is 0.0454. The highest BCUT2D eigenvalue weighted by Crippen LogP contribution is 2.20. The first-order valence-electron chi connectivity index (χ1n) is 6.45. The average Bonchev–Trinajstić information content (AvgIpc) is 2.97. The van der Waals surface area contributed by atoms with Gasteiger partial charge in [-0.15, -0.1) is 10.2 Å². The number of aromatic nitrogens is 4. The van der Waals surface area contributed by atoms with Gasteiger partial charge in [0.2, 0.25) is 5.82 Å². The molecule has 0 radical (unpaired) electrons. The second-order valence-electron chi connectivity index (χ2n) is 4.52. The summed E-state index contributed by atoms with van der Waals surface area (Å²) in [5.41, 5.74) is 7.77. The van der Waals surface area contributed by atoms with Crippen LogP contribution in [0.2, 0.25) is 0 Å². The van der Waals surface area contributed by atoms with E-state index in [1.807, 2.05) is 36.4 Å². The van der Waals surface area contributed by atoms with Gasteiger partial charge < -0.3 is 5.73 Å². The van der Waals surface area contributed by atoms with Crippen LogP contribution in [-0.4, -0.2) is 26.0 Å². The Morgan fingerprint density at radius 3 is 2.52 bits per heavy atom. The fourth-order valence-corrected chi connectivity index (χ4v) is 1.96. The molecule has 0 saturated heterocycles. The lowest BCUT2D eigenvalue weighted by atomic mass is 10.1. The van der Waals surface area contributed by atoms with Crippen molar-refractivity contribution in [2.45, 2.75) is 6.54 Å². The number of Topliss-reactive ketones (excluding diaryl/α,β-unsaturated/α-hetero) is 1. The summed E-state index contributed by atoms with van der Waals surface area (Å²) in [6.45, 7) is 0.0454. The third-order valence-corrected chi connectivity index (χ3v) is 3.04. The number of carbonyl (C=O) groups is 1. The lowest BCUT2D eigenvalue weighted by molar-refractivity contribution is 0.0961. The van der Waals surface area contributed by atoms with E-state index >= 15 is 0 Å². The van der Waals surface area contributed by atoms with E-state index in [-0.39, 0.29) is 12.3 Å². The summed E-state index contributed by atoms with van der Waals surface area (Å²) < 4.78 is 0. The zero-order valence-corrected chi connectivity index (χ0v) is 11.2. The van der Waals surface area contributed by atoms with Gasteiger partial charge in [-0.25, -0.2) is 0 Å². The fourth-order valence-electron chi connectivity index (χ4n) is 1.96. The molecule has 1 heterocycles. The summed E-state index contributed by atoms with van der Waals surface area (Å²) in [6.07, 6.45) is 0. The van der Waals surface area contributed by atoms with Crippen molar-refractivity contribution in [1.82, 2.24) is 20.2 Å². The van der Waals surface area contributed by atoms with Gasteiger partial charge in [0, 0.05) is 16.8 Å². The maximum atomic E-state index is 12.1. The van der Waals surface area contributed by atoms with Gasteiger partial charge >= 0.3 is 0 Å². The summed E-state index contributed by atoms with van der Waals surface area (Å²) in [5, 5.41) is 12.0. The number of carbonyl (C=O) groups excluding carboxylic acids is 1. The maximum absolute atomic E-state index is 12.1. The van der Waals surface area contributed by atoms with E-state index in [0.717, 1.165) is 0 Å². The Morgan fingerprint density at radius 1 is 1.05 bits per heavy atom. The van der Waals surface area contributed by atoms with Crippen LogP contribution in [0, 0.1) is 0 Å². The second kappa shape index (κ2) is 5.54. The Kier molecular flexibility index (Phi) is 3.42. The van der Waals surface area contributed by atoms with Crippen molar-refractivity contribution in [3.63, 3.8) is 0 Å². The van der Waals surface area contributed by atoms with E-state index in [9.17, 15) is 4.79 Å². The number of tetrazole rings is 1. The Morgan fingerprint density at radius 2 is 1.76 bits per heavy atom. The van der Waals surface area contributed by atoms with Crippen LogP contribution >= 0.6 is 0 Å². The molecule has 0 saturated carbocycles. The van der Waals surface area contributed by atoms with E-state index in [0.29, 0.717) is 22.6 Å². The molecule has 6 nitrogen and oxygen atoms in total. The first-order chi connectivity index (χ1) is 10.2. The zero-order chi connectivity index (χ0) is 14.7. The molecule has 1 aromatic heterocycles. The molecule has 2 aromatic carbocycles. The predicted molar refractivity (Wildman–Crippen MR) is 78.4 cm³/mol. The smallest absolute Gasteiger partial charge is 0.207 e. The largest absolute Gasteiger partial charge is 0.398 e. The fraction of sp³-hybridized carbons (Fsp3) is 0.0667. The Hall–Kier alpha value is -3.02. The van der Waals surface area contributed by atoms with E-state index in [2.05, 4.69) is 15.4 Å². The van der Waals surface area contributed by atoms with Crippen molar-refractivity contribution >= 4 is 11.5 Å². The number of nitrogen functional groups attached to an aromatic ring is 1. The number of hydrogen-bond donors (Lipinski definition) is 1. The molecule has 104 valence electrons. The van der Waals surface area contributed by atoms with Gasteiger partial charge in [-0.2, -0.15) is 4.80 Å². The van der Waals surface area contributed by atoms with Gasteiger partial charge in [0.05, 0.1) is 0 Å². The van der Waals surface area contributed by atoms with Crippen LogP contribution in [0.15, 0.2) is 54.6 Å². The van der Waals surface area contributed by atoms with Gasteiger partial charge in [0.1, 0.15) is 6.54 Å². The summed E-state index contributed by atoms with van der Waals surface area (Å²) in [6, 6.07) is 16.3. The van der Waals surface area contributed by atoms with E-state index in [4.69, 9.17) is 5.73 Å². The van der Waals surface area contributed by atoms with Crippen molar-refractivity contribution in [3.05, 3.63) is 60.2 Å². The summed E-state index contributed by atoms with van der Waals surface area (Å²) in [4.78, 5) is 13.3. The molecule has 0 amide bonds. The van der Waals surface area contributed by atoms with Crippen molar-refractivity contribution in [1.29, 1.82) is 0 Å². The standard InChI is InChI=1S/C15H13N5O/c16-13-9-5-4-8-12(13)15-17-19-20(18-15)10-14(21)11-6-2-1-3-7-11/h1-9H,10,16H2. The molecule has 0 aliphatic rings. The maximum Gasteiger partial charge on any atom is 0.207 e. The first-order valence-corrected chi connectivity index (χ1v) is 6.45. The topological polar surface area (TPSA) is 86.7 Å². The molecular weight excluding hydrogens is 266 g/mol. The minimum Gasteiger partial charge on any atom is -0.398 e. The van der Waals surface area contributed by atoms with Gasteiger partial charge in [-0.1, -0.05) is 42.5 Å². The first kappa shape index (κ1) is 13.0. The number of anilines is 1. The quantitative estimate of drug-likeness (QED) is 0.581. The monoisotopic (exact) mass is 279 g/mol. The average molecular weight is 279 g/mol. The normalized spacial score (nSPS) is 10.5. The SMILES string of the molecule is Nc1ccccc1-c1nnn(CC(=O)c2ccccc2)n1. The molecule has 0 fully saturated rings.